The second-order valence-electron chi connectivity index (χ2n) is 5.25. The Labute approximate surface area is 139 Å². The smallest absolute Gasteiger partial charge is 0.265 e. The fraction of sp³-hybridized carbons (Fsp3) is 0.125. The van der Waals surface area contributed by atoms with Crippen LogP contribution in [-0.4, -0.2) is 23.7 Å². The van der Waals surface area contributed by atoms with Crippen molar-refractivity contribution in [2.45, 2.75) is 18.7 Å². The van der Waals surface area contributed by atoms with Gasteiger partial charge in [0, 0.05) is 6.92 Å². The Hall–Kier alpha value is -2.87. The Morgan fingerprint density at radius 3 is 2.54 bits per heavy atom. The molecule has 3 rings (SSSR count). The van der Waals surface area contributed by atoms with Gasteiger partial charge >= 0.3 is 0 Å². The molecule has 0 fully saturated rings. The van der Waals surface area contributed by atoms with Crippen LogP contribution < -0.4 is 4.72 Å². The van der Waals surface area contributed by atoms with Gasteiger partial charge in [-0.15, -0.1) is 10.2 Å². The van der Waals surface area contributed by atoms with Crippen LogP contribution in [0.3, 0.4) is 0 Å². The quantitative estimate of drug-likeness (QED) is 0.753. The van der Waals surface area contributed by atoms with E-state index in [9.17, 15) is 13.5 Å². The van der Waals surface area contributed by atoms with Crippen molar-refractivity contribution in [3.05, 3.63) is 53.9 Å². The van der Waals surface area contributed by atoms with E-state index in [2.05, 4.69) is 14.9 Å². The molecule has 24 heavy (non-hydrogen) atoms. The van der Waals surface area contributed by atoms with Gasteiger partial charge in [0.25, 0.3) is 10.0 Å². The second kappa shape index (κ2) is 5.97. The van der Waals surface area contributed by atoms with Crippen molar-refractivity contribution in [2.24, 2.45) is 0 Å². The van der Waals surface area contributed by atoms with E-state index in [-0.39, 0.29) is 22.2 Å². The summed E-state index contributed by atoms with van der Waals surface area (Å²) in [5, 5.41) is 17.5. The first-order chi connectivity index (χ1) is 11.4. The van der Waals surface area contributed by atoms with E-state index >= 15 is 0 Å². The fourth-order valence-corrected chi connectivity index (χ4v) is 3.46. The first-order valence-electron chi connectivity index (χ1n) is 7.09. The summed E-state index contributed by atoms with van der Waals surface area (Å²) in [7, 11) is -3.98. The summed E-state index contributed by atoms with van der Waals surface area (Å²) in [4.78, 5) is -0.195. The molecule has 0 aliphatic carbocycles. The van der Waals surface area contributed by atoms with Crippen molar-refractivity contribution >= 4 is 15.7 Å². The van der Waals surface area contributed by atoms with Crippen LogP contribution in [0.2, 0.25) is 0 Å². The van der Waals surface area contributed by atoms with E-state index in [1.807, 2.05) is 0 Å². The number of anilines is 1. The van der Waals surface area contributed by atoms with Gasteiger partial charge in [-0.05, 0) is 36.8 Å². The highest BCUT2D eigenvalue weighted by atomic mass is 32.2. The molecule has 0 saturated heterocycles. The molecule has 0 amide bonds. The van der Waals surface area contributed by atoms with Gasteiger partial charge in [0.15, 0.2) is 0 Å². The Balaban J connectivity index is 2.04. The standard InChI is InChI=1S/C16H15N3O4S/c1-10-7-8-14(20)15(9-10)24(21,22)19-13-6-4-3-5-12(13)16-18-17-11(2)23-16/h3-9,19-20H,1-2H3. The maximum absolute atomic E-state index is 12.6. The number of hydrogen-bond donors (Lipinski definition) is 2. The summed E-state index contributed by atoms with van der Waals surface area (Å²) >= 11 is 0. The predicted octanol–water partition coefficient (Wildman–Crippen LogP) is 2.86. The maximum Gasteiger partial charge on any atom is 0.265 e. The van der Waals surface area contributed by atoms with Crippen LogP contribution in [0.5, 0.6) is 5.75 Å². The number of sulfonamides is 1. The summed E-state index contributed by atoms with van der Waals surface area (Å²) in [6.45, 7) is 3.39. The number of phenols is 1. The van der Waals surface area contributed by atoms with Gasteiger partial charge in [-0.1, -0.05) is 18.2 Å². The number of phenolic OH excluding ortho intramolecular Hbond substituents is 1. The zero-order valence-corrected chi connectivity index (χ0v) is 13.8. The van der Waals surface area contributed by atoms with Crippen LogP contribution in [0.15, 0.2) is 51.8 Å². The molecule has 0 spiro atoms. The Kier molecular flexibility index (Phi) is 3.98. The van der Waals surface area contributed by atoms with E-state index in [1.54, 1.807) is 44.2 Å². The number of benzene rings is 2. The van der Waals surface area contributed by atoms with E-state index < -0.39 is 10.0 Å². The van der Waals surface area contributed by atoms with Crippen LogP contribution >= 0.6 is 0 Å². The number of aromatic nitrogens is 2. The van der Waals surface area contributed by atoms with E-state index in [4.69, 9.17) is 4.42 Å². The molecule has 1 aromatic heterocycles. The van der Waals surface area contributed by atoms with Crippen LogP contribution in [0, 0.1) is 13.8 Å². The monoisotopic (exact) mass is 345 g/mol. The number of nitrogens with zero attached hydrogens (tertiary/aromatic N) is 2. The highest BCUT2D eigenvalue weighted by molar-refractivity contribution is 7.92. The van der Waals surface area contributed by atoms with Crippen molar-refractivity contribution in [3.63, 3.8) is 0 Å². The zero-order valence-electron chi connectivity index (χ0n) is 13.0. The topological polar surface area (TPSA) is 105 Å². The number of para-hydroxylation sites is 1. The number of hydrogen-bond acceptors (Lipinski definition) is 6. The number of nitrogens with one attached hydrogen (secondary N) is 1. The minimum atomic E-state index is -3.98. The minimum Gasteiger partial charge on any atom is -0.507 e. The normalized spacial score (nSPS) is 11.4. The largest absolute Gasteiger partial charge is 0.507 e. The molecule has 0 atom stereocenters. The molecule has 0 bridgehead atoms. The Morgan fingerprint density at radius 1 is 1.08 bits per heavy atom. The van der Waals surface area contributed by atoms with Crippen LogP contribution in [0.1, 0.15) is 11.5 Å². The van der Waals surface area contributed by atoms with E-state index in [0.717, 1.165) is 0 Å². The Bertz CT molecular complexity index is 996. The lowest BCUT2D eigenvalue weighted by Gasteiger charge is -2.12. The lowest BCUT2D eigenvalue weighted by molar-refractivity contribution is 0.459. The minimum absolute atomic E-state index is 0.195. The second-order valence-corrected chi connectivity index (χ2v) is 6.90. The molecule has 0 aliphatic rings. The molecule has 0 radical (unpaired) electrons. The summed E-state index contributed by atoms with van der Waals surface area (Å²) in [5.74, 6) is 0.262. The molecule has 7 nitrogen and oxygen atoms in total. The summed E-state index contributed by atoms with van der Waals surface area (Å²) < 4.78 is 33.1. The van der Waals surface area contributed by atoms with E-state index in [1.165, 1.54) is 12.1 Å². The van der Waals surface area contributed by atoms with Gasteiger partial charge in [0.05, 0.1) is 11.3 Å². The van der Waals surface area contributed by atoms with Crippen molar-refractivity contribution < 1.29 is 17.9 Å². The van der Waals surface area contributed by atoms with Gasteiger partial charge in [-0.25, -0.2) is 8.42 Å². The molecule has 8 heteroatoms. The third-order valence-electron chi connectivity index (χ3n) is 3.33. The van der Waals surface area contributed by atoms with Gasteiger partial charge in [0.1, 0.15) is 10.6 Å². The predicted molar refractivity (Wildman–Crippen MR) is 88.1 cm³/mol. The van der Waals surface area contributed by atoms with Gasteiger partial charge in [-0.3, -0.25) is 4.72 Å². The molecule has 3 aromatic rings. The highest BCUT2D eigenvalue weighted by Crippen LogP contribution is 2.31. The zero-order chi connectivity index (χ0) is 17.3. The molecule has 2 N–H and O–H groups in total. The van der Waals surface area contributed by atoms with Crippen molar-refractivity contribution in [2.75, 3.05) is 4.72 Å². The van der Waals surface area contributed by atoms with E-state index in [0.29, 0.717) is 17.0 Å². The molecule has 0 unspecified atom stereocenters. The third kappa shape index (κ3) is 3.09. The summed E-state index contributed by atoms with van der Waals surface area (Å²) in [6, 6.07) is 11.0. The first kappa shape index (κ1) is 16.0. The number of aromatic hydroxyl groups is 1. The lowest BCUT2D eigenvalue weighted by Crippen LogP contribution is -2.14. The summed E-state index contributed by atoms with van der Waals surface area (Å²) in [5.41, 5.74) is 1.45. The van der Waals surface area contributed by atoms with Gasteiger partial charge < -0.3 is 9.52 Å². The molecule has 124 valence electrons. The molecular formula is C16H15N3O4S. The van der Waals surface area contributed by atoms with Crippen molar-refractivity contribution in [3.8, 4) is 17.2 Å². The summed E-state index contributed by atoms with van der Waals surface area (Å²) in [6.07, 6.45) is 0. The van der Waals surface area contributed by atoms with Gasteiger partial charge in [-0.2, -0.15) is 0 Å². The molecule has 2 aromatic carbocycles. The fourth-order valence-electron chi connectivity index (χ4n) is 2.20. The maximum atomic E-state index is 12.6. The average Bonchev–Trinajstić information content (AvgIpc) is 2.96. The lowest BCUT2D eigenvalue weighted by atomic mass is 10.2. The number of rotatable bonds is 4. The highest BCUT2D eigenvalue weighted by Gasteiger charge is 2.21. The van der Waals surface area contributed by atoms with Crippen LogP contribution in [0.25, 0.3) is 11.5 Å². The molecule has 0 aliphatic heterocycles. The average molecular weight is 345 g/mol. The first-order valence-corrected chi connectivity index (χ1v) is 8.57. The van der Waals surface area contributed by atoms with Crippen molar-refractivity contribution in [1.82, 2.24) is 10.2 Å². The van der Waals surface area contributed by atoms with Crippen LogP contribution in [-0.2, 0) is 10.0 Å². The molecular weight excluding hydrogens is 330 g/mol. The molecule has 0 saturated carbocycles. The third-order valence-corrected chi connectivity index (χ3v) is 4.73. The Morgan fingerprint density at radius 2 is 1.83 bits per heavy atom. The van der Waals surface area contributed by atoms with Crippen molar-refractivity contribution in [1.29, 1.82) is 0 Å². The number of aryl methyl sites for hydroxylation is 2. The van der Waals surface area contributed by atoms with Gasteiger partial charge in [0.2, 0.25) is 11.8 Å². The molecule has 1 heterocycles. The van der Waals surface area contributed by atoms with Crippen LogP contribution in [0.4, 0.5) is 5.69 Å². The SMILES string of the molecule is Cc1ccc(O)c(S(=O)(=O)Nc2ccccc2-c2nnc(C)o2)c1.